The van der Waals surface area contributed by atoms with Crippen molar-refractivity contribution in [2.75, 3.05) is 39.3 Å². The third-order valence-electron chi connectivity index (χ3n) is 4.70. The summed E-state index contributed by atoms with van der Waals surface area (Å²) in [5.41, 5.74) is 3.27. The molecule has 0 radical (unpaired) electrons. The Morgan fingerprint density at radius 2 is 2.17 bits per heavy atom. The minimum Gasteiger partial charge on any atom is -0.491 e. The highest BCUT2D eigenvalue weighted by Gasteiger charge is 2.17. The smallest absolute Gasteiger partial charge is 0.191 e. The largest absolute Gasteiger partial charge is 0.491 e. The molecule has 1 aliphatic rings. The normalized spacial score (nSPS) is 16.7. The number of aryl methyl sites for hydroxylation is 1. The molecule has 1 aromatic carbocycles. The van der Waals surface area contributed by atoms with Crippen LogP contribution in [-0.2, 0) is 17.8 Å². The van der Waals surface area contributed by atoms with Gasteiger partial charge in [0, 0.05) is 45.2 Å². The molecule has 1 fully saturated rings. The average Bonchev–Trinajstić information content (AvgIpc) is 3.39. The highest BCUT2D eigenvalue weighted by molar-refractivity contribution is 7.13. The van der Waals surface area contributed by atoms with Crippen LogP contribution in [0.25, 0.3) is 0 Å². The number of guanidine groups is 1. The third-order valence-corrected chi connectivity index (χ3v) is 5.76. The molecule has 0 aliphatic carbocycles. The number of nitrogens with one attached hydrogen (secondary N) is 2. The van der Waals surface area contributed by atoms with E-state index in [1.165, 1.54) is 5.56 Å². The summed E-state index contributed by atoms with van der Waals surface area (Å²) in [6, 6.07) is 6.29. The van der Waals surface area contributed by atoms with Gasteiger partial charge >= 0.3 is 0 Å². The first kappa shape index (κ1) is 21.4. The van der Waals surface area contributed by atoms with Gasteiger partial charge in [0.25, 0.3) is 0 Å². The molecule has 7 nitrogen and oxygen atoms in total. The minimum absolute atomic E-state index is 0.205. The lowest BCUT2D eigenvalue weighted by molar-refractivity contribution is 0.0676. The quantitative estimate of drug-likeness (QED) is 0.508. The zero-order valence-electron chi connectivity index (χ0n) is 17.7. The molecule has 2 heterocycles. The molecule has 1 saturated heterocycles. The fourth-order valence-electron chi connectivity index (χ4n) is 3.06. The van der Waals surface area contributed by atoms with E-state index >= 15 is 0 Å². The summed E-state index contributed by atoms with van der Waals surface area (Å²) in [5, 5.41) is 9.75. The van der Waals surface area contributed by atoms with Gasteiger partial charge in [-0.05, 0) is 31.4 Å². The topological polar surface area (TPSA) is 71.0 Å². The van der Waals surface area contributed by atoms with Crippen LogP contribution in [0.15, 0.2) is 28.6 Å². The van der Waals surface area contributed by atoms with E-state index in [0.717, 1.165) is 47.5 Å². The maximum Gasteiger partial charge on any atom is 0.191 e. The summed E-state index contributed by atoms with van der Waals surface area (Å²) in [7, 11) is 5.76. The molecule has 1 unspecified atom stereocenters. The number of aliphatic imine (C=N–C) groups is 1. The van der Waals surface area contributed by atoms with E-state index in [1.54, 1.807) is 18.4 Å². The number of anilines is 1. The maximum absolute atomic E-state index is 6.08. The van der Waals surface area contributed by atoms with Crippen molar-refractivity contribution in [3.05, 3.63) is 40.4 Å². The monoisotopic (exact) mass is 417 g/mol. The summed E-state index contributed by atoms with van der Waals surface area (Å²) >= 11 is 1.63. The molecular formula is C21H31N5O2S. The number of benzene rings is 1. The van der Waals surface area contributed by atoms with Gasteiger partial charge in [-0.25, -0.2) is 4.98 Å². The molecule has 0 spiro atoms. The Bertz CT molecular complexity index is 815. The molecule has 3 rings (SSSR count). The van der Waals surface area contributed by atoms with Crippen molar-refractivity contribution in [3.63, 3.8) is 0 Å². The molecule has 0 bridgehead atoms. The van der Waals surface area contributed by atoms with E-state index in [-0.39, 0.29) is 6.10 Å². The second-order valence-electron chi connectivity index (χ2n) is 7.35. The fraction of sp³-hybridized carbons (Fsp3) is 0.524. The van der Waals surface area contributed by atoms with Gasteiger partial charge in [0.2, 0.25) is 0 Å². The summed E-state index contributed by atoms with van der Waals surface area (Å²) in [6.07, 6.45) is 2.39. The van der Waals surface area contributed by atoms with Crippen LogP contribution >= 0.6 is 11.3 Å². The lowest BCUT2D eigenvalue weighted by Gasteiger charge is -2.17. The van der Waals surface area contributed by atoms with E-state index in [9.17, 15) is 0 Å². The van der Waals surface area contributed by atoms with Crippen molar-refractivity contribution < 1.29 is 9.47 Å². The lowest BCUT2D eigenvalue weighted by Crippen LogP contribution is -2.36. The number of hydrogen-bond acceptors (Lipinski definition) is 6. The predicted molar refractivity (Wildman–Crippen MR) is 119 cm³/mol. The summed E-state index contributed by atoms with van der Waals surface area (Å²) < 4.78 is 11.8. The molecule has 1 aliphatic heterocycles. The van der Waals surface area contributed by atoms with Crippen LogP contribution in [0.5, 0.6) is 5.75 Å². The van der Waals surface area contributed by atoms with Crippen LogP contribution in [0, 0.1) is 6.92 Å². The van der Waals surface area contributed by atoms with E-state index in [2.05, 4.69) is 51.1 Å². The van der Waals surface area contributed by atoms with Crippen molar-refractivity contribution in [1.82, 2.24) is 15.6 Å². The maximum atomic E-state index is 6.08. The highest BCUT2D eigenvalue weighted by Crippen LogP contribution is 2.22. The SMILES string of the molecule is CN=C(NCc1csc(N(C)C)n1)NCc1ccc(C)cc1OCC1CCCO1. The number of aromatic nitrogens is 1. The Morgan fingerprint density at radius 1 is 1.34 bits per heavy atom. The zero-order valence-corrected chi connectivity index (χ0v) is 18.5. The predicted octanol–water partition coefficient (Wildman–Crippen LogP) is 2.94. The number of hydrogen-bond donors (Lipinski definition) is 2. The molecule has 29 heavy (non-hydrogen) atoms. The molecule has 8 heteroatoms. The van der Waals surface area contributed by atoms with E-state index in [0.29, 0.717) is 19.7 Å². The summed E-state index contributed by atoms with van der Waals surface area (Å²) in [6.45, 7) is 4.77. The van der Waals surface area contributed by atoms with Crippen LogP contribution < -0.4 is 20.3 Å². The molecule has 158 valence electrons. The molecule has 2 N–H and O–H groups in total. The van der Waals surface area contributed by atoms with Gasteiger partial charge in [-0.1, -0.05) is 12.1 Å². The van der Waals surface area contributed by atoms with Crippen LogP contribution in [-0.4, -0.2) is 51.4 Å². The molecule has 1 aromatic heterocycles. The Morgan fingerprint density at radius 3 is 2.86 bits per heavy atom. The van der Waals surface area contributed by atoms with Crippen LogP contribution in [0.4, 0.5) is 5.13 Å². The number of thiazole rings is 1. The standard InChI is InChI=1S/C21H31N5O2S/c1-15-7-8-16(19(10-15)28-13-18-6-5-9-27-18)11-23-20(22-2)24-12-17-14-29-21(25-17)26(3)4/h7-8,10,14,18H,5-6,9,11-13H2,1-4H3,(H2,22,23,24). The van der Waals surface area contributed by atoms with Gasteiger partial charge in [0.1, 0.15) is 12.4 Å². The van der Waals surface area contributed by atoms with Gasteiger partial charge in [0.05, 0.1) is 18.3 Å². The highest BCUT2D eigenvalue weighted by atomic mass is 32.1. The first-order valence-corrected chi connectivity index (χ1v) is 10.8. The zero-order chi connectivity index (χ0) is 20.6. The Kier molecular flexibility index (Phi) is 7.71. The first-order valence-electron chi connectivity index (χ1n) is 9.95. The first-order chi connectivity index (χ1) is 14.0. The Balaban J connectivity index is 1.54. The molecular weight excluding hydrogens is 386 g/mol. The van der Waals surface area contributed by atoms with Gasteiger partial charge in [0.15, 0.2) is 11.1 Å². The summed E-state index contributed by atoms with van der Waals surface area (Å²) in [4.78, 5) is 10.9. The van der Waals surface area contributed by atoms with Gasteiger partial charge in [-0.2, -0.15) is 0 Å². The van der Waals surface area contributed by atoms with Crippen molar-refractivity contribution in [2.24, 2.45) is 4.99 Å². The third kappa shape index (κ3) is 6.33. The number of ether oxygens (including phenoxy) is 2. The van der Waals surface area contributed by atoms with Crippen LogP contribution in [0.1, 0.15) is 29.7 Å². The number of nitrogens with zero attached hydrogens (tertiary/aromatic N) is 3. The summed E-state index contributed by atoms with van der Waals surface area (Å²) in [5.74, 6) is 1.63. The lowest BCUT2D eigenvalue weighted by atomic mass is 10.1. The van der Waals surface area contributed by atoms with Gasteiger partial charge in [-0.15, -0.1) is 11.3 Å². The van der Waals surface area contributed by atoms with Gasteiger partial charge in [-0.3, -0.25) is 4.99 Å². The fourth-order valence-corrected chi connectivity index (χ4v) is 3.82. The van der Waals surface area contributed by atoms with E-state index in [4.69, 9.17) is 9.47 Å². The molecule has 0 amide bonds. The Labute approximate surface area is 177 Å². The van der Waals surface area contributed by atoms with Crippen LogP contribution in [0.3, 0.4) is 0 Å². The van der Waals surface area contributed by atoms with E-state index < -0.39 is 0 Å². The average molecular weight is 418 g/mol. The van der Waals surface area contributed by atoms with Crippen molar-refractivity contribution in [3.8, 4) is 5.75 Å². The second kappa shape index (κ2) is 10.5. The van der Waals surface area contributed by atoms with Crippen molar-refractivity contribution in [2.45, 2.75) is 39.0 Å². The Hall–Kier alpha value is -2.32. The number of rotatable bonds is 8. The molecule has 1 atom stereocenters. The minimum atomic E-state index is 0.205. The molecule has 0 saturated carbocycles. The second-order valence-corrected chi connectivity index (χ2v) is 8.19. The van der Waals surface area contributed by atoms with Crippen molar-refractivity contribution in [1.29, 1.82) is 0 Å². The van der Waals surface area contributed by atoms with Crippen LogP contribution in [0.2, 0.25) is 0 Å². The van der Waals surface area contributed by atoms with E-state index in [1.807, 2.05) is 19.0 Å². The molecule has 2 aromatic rings. The van der Waals surface area contributed by atoms with Gasteiger partial charge < -0.3 is 25.0 Å². The van der Waals surface area contributed by atoms with Crippen molar-refractivity contribution >= 4 is 22.4 Å².